The Kier molecular flexibility index (Phi) is 5.89. The lowest BCUT2D eigenvalue weighted by atomic mass is 10.1. The summed E-state index contributed by atoms with van der Waals surface area (Å²) in [6.45, 7) is 0.924. The third kappa shape index (κ3) is 4.68. The van der Waals surface area contributed by atoms with Gasteiger partial charge in [-0.05, 0) is 54.9 Å². The number of fused-ring (bicyclic) bond motifs is 1. The molecule has 3 aromatic rings. The Hall–Kier alpha value is -3.41. The molecule has 0 saturated heterocycles. The highest BCUT2D eigenvalue weighted by Gasteiger charge is 2.27. The van der Waals surface area contributed by atoms with Crippen LogP contribution in [0.2, 0.25) is 0 Å². The van der Waals surface area contributed by atoms with E-state index >= 15 is 0 Å². The van der Waals surface area contributed by atoms with Crippen molar-refractivity contribution in [3.8, 4) is 11.8 Å². The molecule has 158 valence electrons. The van der Waals surface area contributed by atoms with E-state index < -0.39 is 10.0 Å². The van der Waals surface area contributed by atoms with Crippen LogP contribution in [0.5, 0.6) is 0 Å². The van der Waals surface area contributed by atoms with Gasteiger partial charge >= 0.3 is 0 Å². The van der Waals surface area contributed by atoms with E-state index in [0.29, 0.717) is 18.7 Å². The summed E-state index contributed by atoms with van der Waals surface area (Å²) in [5.41, 5.74) is 4.47. The molecule has 2 heterocycles. The summed E-state index contributed by atoms with van der Waals surface area (Å²) in [6.07, 6.45) is 5.00. The van der Waals surface area contributed by atoms with E-state index in [9.17, 15) is 13.2 Å². The third-order valence-corrected chi connectivity index (χ3v) is 6.60. The number of carbonyl (C=O) groups is 1. The number of hydrogen-bond donors (Lipinski definition) is 2. The first-order valence-electron chi connectivity index (χ1n) is 9.87. The predicted octanol–water partition coefficient (Wildman–Crippen LogP) is 2.46. The fourth-order valence-electron chi connectivity index (χ4n) is 3.48. The molecule has 0 bridgehead atoms. The number of aryl methyl sites for hydroxylation is 1. The fraction of sp³-hybridized carbons (Fsp3) is 0.217. The van der Waals surface area contributed by atoms with Crippen LogP contribution in [0.15, 0.2) is 59.9 Å². The van der Waals surface area contributed by atoms with Gasteiger partial charge in [0, 0.05) is 42.5 Å². The number of hydrogen-bond acceptors (Lipinski definition) is 4. The van der Waals surface area contributed by atoms with Gasteiger partial charge in [0.2, 0.25) is 10.0 Å². The number of aromatic nitrogens is 2. The number of nitrogens with zero attached hydrogens (tertiary/aromatic N) is 2. The monoisotopic (exact) mass is 434 g/mol. The number of carbonyl (C=O) groups excluding carboxylic acids is 1. The molecule has 31 heavy (non-hydrogen) atoms. The molecule has 0 radical (unpaired) electrons. The van der Waals surface area contributed by atoms with Crippen LogP contribution in [0.4, 0.5) is 0 Å². The lowest BCUT2D eigenvalue weighted by Gasteiger charge is -2.15. The quantitative estimate of drug-likeness (QED) is 0.583. The van der Waals surface area contributed by atoms with Gasteiger partial charge in [0.05, 0.1) is 11.2 Å². The van der Waals surface area contributed by atoms with E-state index in [2.05, 4.69) is 26.5 Å². The molecule has 8 heteroatoms. The molecule has 1 amide bonds. The standard InChI is InChI=1S/C23H22N4O3S/c1-24-31(29,30)21-9-6-18(7-10-21)14-27-15-19-12-17(8-11-22(19)23(27)28)4-2-3-5-20-13-25-16-26-20/h6-13,16,24H,3,5,14-15H2,1H3,(H,25,26). The average molecular weight is 435 g/mol. The SMILES string of the molecule is CNS(=O)(=O)c1ccc(CN2Cc3cc(C#CCCc4cnc[nH]4)ccc3C2=O)cc1. The lowest BCUT2D eigenvalue weighted by molar-refractivity contribution is 0.0766. The molecule has 0 spiro atoms. The second kappa shape index (κ2) is 8.76. The van der Waals surface area contributed by atoms with E-state index in [1.54, 1.807) is 41.7 Å². The molecule has 0 saturated carbocycles. The fourth-order valence-corrected chi connectivity index (χ4v) is 4.21. The van der Waals surface area contributed by atoms with Crippen LogP contribution < -0.4 is 4.72 Å². The molecular weight excluding hydrogens is 412 g/mol. The molecule has 0 fully saturated rings. The Morgan fingerprint density at radius 3 is 2.71 bits per heavy atom. The largest absolute Gasteiger partial charge is 0.348 e. The first-order valence-corrected chi connectivity index (χ1v) is 11.4. The summed E-state index contributed by atoms with van der Waals surface area (Å²) in [5, 5.41) is 0. The summed E-state index contributed by atoms with van der Waals surface area (Å²) >= 11 is 0. The second-order valence-electron chi connectivity index (χ2n) is 7.26. The number of nitrogens with one attached hydrogen (secondary N) is 2. The van der Waals surface area contributed by atoms with Gasteiger partial charge in [-0.25, -0.2) is 18.1 Å². The highest BCUT2D eigenvalue weighted by Crippen LogP contribution is 2.25. The van der Waals surface area contributed by atoms with E-state index in [0.717, 1.165) is 35.2 Å². The van der Waals surface area contributed by atoms with Crippen molar-refractivity contribution in [1.82, 2.24) is 19.6 Å². The molecule has 1 aliphatic heterocycles. The van der Waals surface area contributed by atoms with Crippen LogP contribution >= 0.6 is 0 Å². The highest BCUT2D eigenvalue weighted by atomic mass is 32.2. The molecule has 1 aromatic heterocycles. The van der Waals surface area contributed by atoms with Crippen LogP contribution in [0, 0.1) is 11.8 Å². The first kappa shape index (κ1) is 20.8. The molecule has 0 aliphatic carbocycles. The number of aromatic amines is 1. The van der Waals surface area contributed by atoms with Gasteiger partial charge in [0.1, 0.15) is 0 Å². The van der Waals surface area contributed by atoms with Crippen LogP contribution in [-0.2, 0) is 29.5 Å². The van der Waals surface area contributed by atoms with Gasteiger partial charge in [-0.15, -0.1) is 0 Å². The number of sulfonamides is 1. The Bertz CT molecular complexity index is 1250. The maximum absolute atomic E-state index is 12.8. The van der Waals surface area contributed by atoms with Crippen molar-refractivity contribution in [2.24, 2.45) is 0 Å². The normalized spacial score (nSPS) is 13.1. The van der Waals surface area contributed by atoms with Gasteiger partial charge < -0.3 is 9.88 Å². The van der Waals surface area contributed by atoms with Crippen molar-refractivity contribution in [2.45, 2.75) is 30.8 Å². The summed E-state index contributed by atoms with van der Waals surface area (Å²) in [6, 6.07) is 12.2. The van der Waals surface area contributed by atoms with E-state index in [1.807, 2.05) is 18.2 Å². The molecular formula is C23H22N4O3S. The van der Waals surface area contributed by atoms with Crippen molar-refractivity contribution in [1.29, 1.82) is 0 Å². The van der Waals surface area contributed by atoms with Crippen LogP contribution in [0.1, 0.15) is 39.2 Å². The minimum atomic E-state index is -3.47. The van der Waals surface area contributed by atoms with Gasteiger partial charge in [-0.2, -0.15) is 0 Å². The summed E-state index contributed by atoms with van der Waals surface area (Å²) in [7, 11) is -2.10. The smallest absolute Gasteiger partial charge is 0.254 e. The average Bonchev–Trinajstić information content (AvgIpc) is 3.40. The molecule has 0 unspecified atom stereocenters. The summed E-state index contributed by atoms with van der Waals surface area (Å²) < 4.78 is 26.0. The van der Waals surface area contributed by atoms with E-state index in [-0.39, 0.29) is 10.8 Å². The van der Waals surface area contributed by atoms with Gasteiger partial charge in [-0.3, -0.25) is 4.79 Å². The van der Waals surface area contributed by atoms with Gasteiger partial charge in [0.15, 0.2) is 0 Å². The predicted molar refractivity (Wildman–Crippen MR) is 116 cm³/mol. The van der Waals surface area contributed by atoms with Crippen LogP contribution in [-0.4, -0.2) is 36.2 Å². The molecule has 0 atom stereocenters. The minimum Gasteiger partial charge on any atom is -0.348 e. The number of imidazole rings is 1. The highest BCUT2D eigenvalue weighted by molar-refractivity contribution is 7.89. The topological polar surface area (TPSA) is 95.2 Å². The molecule has 7 nitrogen and oxygen atoms in total. The Balaban J connectivity index is 1.41. The zero-order chi connectivity index (χ0) is 21.8. The maximum Gasteiger partial charge on any atom is 0.254 e. The maximum atomic E-state index is 12.8. The Labute approximate surface area is 181 Å². The van der Waals surface area contributed by atoms with E-state index in [1.165, 1.54) is 7.05 Å². The molecule has 4 rings (SSSR count). The lowest BCUT2D eigenvalue weighted by Crippen LogP contribution is -2.23. The molecule has 2 N–H and O–H groups in total. The summed E-state index contributed by atoms with van der Waals surface area (Å²) in [5.74, 6) is 6.30. The van der Waals surface area contributed by atoms with Crippen molar-refractivity contribution < 1.29 is 13.2 Å². The molecule has 2 aromatic carbocycles. The molecule has 1 aliphatic rings. The van der Waals surface area contributed by atoms with Crippen molar-refractivity contribution in [3.05, 3.63) is 82.9 Å². The number of amides is 1. The number of rotatable bonds is 6. The zero-order valence-corrected chi connectivity index (χ0v) is 17.9. The summed E-state index contributed by atoms with van der Waals surface area (Å²) in [4.78, 5) is 21.8. The van der Waals surface area contributed by atoms with Gasteiger partial charge in [-0.1, -0.05) is 24.0 Å². The van der Waals surface area contributed by atoms with Crippen LogP contribution in [0.25, 0.3) is 0 Å². The second-order valence-corrected chi connectivity index (χ2v) is 9.15. The Morgan fingerprint density at radius 1 is 1.19 bits per heavy atom. The first-order chi connectivity index (χ1) is 15.0. The Morgan fingerprint density at radius 2 is 2.00 bits per heavy atom. The van der Waals surface area contributed by atoms with E-state index in [4.69, 9.17) is 0 Å². The van der Waals surface area contributed by atoms with Crippen molar-refractivity contribution in [2.75, 3.05) is 7.05 Å². The van der Waals surface area contributed by atoms with Crippen molar-refractivity contribution in [3.63, 3.8) is 0 Å². The minimum absolute atomic E-state index is 0.0272. The zero-order valence-electron chi connectivity index (χ0n) is 17.1. The number of benzene rings is 2. The van der Waals surface area contributed by atoms with Gasteiger partial charge in [0.25, 0.3) is 5.91 Å². The van der Waals surface area contributed by atoms with Crippen LogP contribution in [0.3, 0.4) is 0 Å². The third-order valence-electron chi connectivity index (χ3n) is 5.17. The van der Waals surface area contributed by atoms with Crippen molar-refractivity contribution >= 4 is 15.9 Å². The number of H-pyrrole nitrogens is 1.